The fourth-order valence-electron chi connectivity index (χ4n) is 3.80. The molecule has 0 bridgehead atoms. The zero-order chi connectivity index (χ0) is 25.2. The van der Waals surface area contributed by atoms with E-state index in [1.54, 1.807) is 24.1 Å². The van der Waals surface area contributed by atoms with Crippen molar-refractivity contribution in [3.05, 3.63) is 101 Å². The van der Waals surface area contributed by atoms with E-state index in [0.717, 1.165) is 28.9 Å². The molecule has 3 aromatic rings. The van der Waals surface area contributed by atoms with Gasteiger partial charge in [0.05, 0.1) is 13.5 Å². The third-order valence-corrected chi connectivity index (χ3v) is 6.30. The number of methoxy groups -OCH3 is 1. The fraction of sp³-hybridized carbons (Fsp3) is 0.310. The Morgan fingerprint density at radius 2 is 1.54 bits per heavy atom. The molecule has 2 amide bonds. The number of ether oxygens (including phenoxy) is 1. The summed E-state index contributed by atoms with van der Waals surface area (Å²) in [5, 5.41) is 3.71. The Labute approximate surface area is 213 Å². The molecule has 1 N–H and O–H groups in total. The van der Waals surface area contributed by atoms with Crippen molar-refractivity contribution in [1.29, 1.82) is 0 Å². The third-order valence-electron chi connectivity index (χ3n) is 6.05. The molecule has 0 spiro atoms. The summed E-state index contributed by atoms with van der Waals surface area (Å²) in [5.74, 6) is 0.458. The largest absolute Gasteiger partial charge is 0.497 e. The van der Waals surface area contributed by atoms with Crippen LogP contribution < -0.4 is 10.1 Å². The smallest absolute Gasteiger partial charge is 0.243 e. The Morgan fingerprint density at radius 1 is 0.914 bits per heavy atom. The number of rotatable bonds is 11. The average molecular weight is 493 g/mol. The number of nitrogens with zero attached hydrogens (tertiary/aromatic N) is 1. The van der Waals surface area contributed by atoms with Crippen LogP contribution in [0.5, 0.6) is 5.75 Å². The second-order valence-corrected chi connectivity index (χ2v) is 9.13. The molecule has 2 atom stereocenters. The number of benzene rings is 3. The molecule has 5 nitrogen and oxygen atoms in total. The first-order valence-electron chi connectivity index (χ1n) is 11.9. The lowest BCUT2D eigenvalue weighted by atomic mass is 10.0. The van der Waals surface area contributed by atoms with Crippen molar-refractivity contribution < 1.29 is 14.3 Å². The van der Waals surface area contributed by atoms with Crippen LogP contribution in [-0.2, 0) is 29.0 Å². The topological polar surface area (TPSA) is 58.6 Å². The highest BCUT2D eigenvalue weighted by Crippen LogP contribution is 2.19. The molecule has 0 radical (unpaired) electrons. The van der Waals surface area contributed by atoms with Gasteiger partial charge in [-0.2, -0.15) is 0 Å². The van der Waals surface area contributed by atoms with Crippen LogP contribution in [0.4, 0.5) is 0 Å². The molecule has 0 heterocycles. The van der Waals surface area contributed by atoms with Gasteiger partial charge in [-0.15, -0.1) is 0 Å². The Balaban J connectivity index is 1.94. The maximum absolute atomic E-state index is 13.7. The molecule has 0 saturated heterocycles. The summed E-state index contributed by atoms with van der Waals surface area (Å²) in [5.41, 5.74) is 2.76. The van der Waals surface area contributed by atoms with Crippen LogP contribution >= 0.6 is 11.6 Å². The second-order valence-electron chi connectivity index (χ2n) is 8.70. The normalized spacial score (nSPS) is 12.5. The average Bonchev–Trinajstić information content (AvgIpc) is 2.88. The van der Waals surface area contributed by atoms with E-state index in [-0.39, 0.29) is 24.3 Å². The van der Waals surface area contributed by atoms with Crippen molar-refractivity contribution in [3.63, 3.8) is 0 Å². The van der Waals surface area contributed by atoms with E-state index in [0.29, 0.717) is 18.0 Å². The van der Waals surface area contributed by atoms with Gasteiger partial charge >= 0.3 is 0 Å². The Bertz CT molecular complexity index is 1090. The van der Waals surface area contributed by atoms with Gasteiger partial charge in [-0.05, 0) is 54.3 Å². The Morgan fingerprint density at radius 3 is 2.14 bits per heavy atom. The summed E-state index contributed by atoms with van der Waals surface area (Å²) < 4.78 is 5.23. The first-order valence-corrected chi connectivity index (χ1v) is 12.3. The molecule has 0 aliphatic carbocycles. The monoisotopic (exact) mass is 492 g/mol. The molecule has 3 rings (SSSR count). The van der Waals surface area contributed by atoms with Gasteiger partial charge in [0.2, 0.25) is 11.8 Å². The highest BCUT2D eigenvalue weighted by Gasteiger charge is 2.31. The van der Waals surface area contributed by atoms with E-state index in [1.165, 1.54) is 0 Å². The van der Waals surface area contributed by atoms with Crippen molar-refractivity contribution in [2.75, 3.05) is 7.11 Å². The van der Waals surface area contributed by atoms with Crippen LogP contribution in [0, 0.1) is 0 Å². The van der Waals surface area contributed by atoms with E-state index < -0.39 is 6.04 Å². The van der Waals surface area contributed by atoms with Gasteiger partial charge in [0, 0.05) is 24.0 Å². The van der Waals surface area contributed by atoms with E-state index >= 15 is 0 Å². The number of halogens is 1. The molecule has 0 fully saturated rings. The van der Waals surface area contributed by atoms with Gasteiger partial charge in [0.25, 0.3) is 0 Å². The zero-order valence-electron chi connectivity index (χ0n) is 20.5. The Hall–Kier alpha value is -3.31. The SMILES string of the molecule is CC[C@H](C)NC(=O)[C@@H](Cc1ccccc1)N(Cc1ccc(Cl)cc1)C(=O)Cc1ccc(OC)cc1. The van der Waals surface area contributed by atoms with Crippen molar-refractivity contribution in [2.24, 2.45) is 0 Å². The Kier molecular flexibility index (Phi) is 9.74. The highest BCUT2D eigenvalue weighted by atomic mass is 35.5. The van der Waals surface area contributed by atoms with Crippen LogP contribution in [0.3, 0.4) is 0 Å². The number of hydrogen-bond acceptors (Lipinski definition) is 3. The zero-order valence-corrected chi connectivity index (χ0v) is 21.3. The van der Waals surface area contributed by atoms with Gasteiger partial charge in [0.15, 0.2) is 0 Å². The molecule has 0 aromatic heterocycles. The number of carbonyl (C=O) groups excluding carboxylic acids is 2. The van der Waals surface area contributed by atoms with Gasteiger partial charge in [-0.3, -0.25) is 9.59 Å². The predicted octanol–water partition coefficient (Wildman–Crippen LogP) is 5.45. The standard InChI is InChI=1S/C29H33ClN2O3/c1-4-21(2)31-29(34)27(18-22-8-6-5-7-9-22)32(20-24-10-14-25(30)15-11-24)28(33)19-23-12-16-26(35-3)17-13-23/h5-17,21,27H,4,18-20H2,1-3H3,(H,31,34)/t21-,27+/m0/s1. The van der Waals surface area contributed by atoms with Gasteiger partial charge in [0.1, 0.15) is 11.8 Å². The second kappa shape index (κ2) is 13.0. The third kappa shape index (κ3) is 7.86. The summed E-state index contributed by atoms with van der Waals surface area (Å²) in [6.45, 7) is 4.30. The van der Waals surface area contributed by atoms with E-state index in [2.05, 4.69) is 5.32 Å². The van der Waals surface area contributed by atoms with Crippen LogP contribution in [-0.4, -0.2) is 35.9 Å². The first-order chi connectivity index (χ1) is 16.9. The van der Waals surface area contributed by atoms with E-state index in [4.69, 9.17) is 16.3 Å². The lowest BCUT2D eigenvalue weighted by molar-refractivity contribution is -0.141. The molecule has 6 heteroatoms. The molecule has 35 heavy (non-hydrogen) atoms. The number of carbonyl (C=O) groups is 2. The quantitative estimate of drug-likeness (QED) is 0.387. The van der Waals surface area contributed by atoms with Gasteiger partial charge < -0.3 is 15.0 Å². The van der Waals surface area contributed by atoms with Crippen LogP contribution in [0.2, 0.25) is 5.02 Å². The van der Waals surface area contributed by atoms with Gasteiger partial charge in [-0.1, -0.05) is 73.1 Å². The molecule has 3 aromatic carbocycles. The molecular weight excluding hydrogens is 460 g/mol. The van der Waals surface area contributed by atoms with Crippen molar-refractivity contribution in [3.8, 4) is 5.75 Å². The lowest BCUT2D eigenvalue weighted by Gasteiger charge is -2.32. The molecule has 0 aliphatic rings. The van der Waals surface area contributed by atoms with Crippen LogP contribution in [0.1, 0.15) is 37.0 Å². The van der Waals surface area contributed by atoms with Crippen molar-refractivity contribution in [2.45, 2.75) is 51.7 Å². The number of nitrogens with one attached hydrogen (secondary N) is 1. The van der Waals surface area contributed by atoms with Crippen LogP contribution in [0.15, 0.2) is 78.9 Å². The number of amides is 2. The summed E-state index contributed by atoms with van der Waals surface area (Å²) in [6.07, 6.45) is 1.41. The number of hydrogen-bond donors (Lipinski definition) is 1. The minimum Gasteiger partial charge on any atom is -0.497 e. The van der Waals surface area contributed by atoms with Gasteiger partial charge in [-0.25, -0.2) is 0 Å². The molecule has 0 aliphatic heterocycles. The molecule has 0 saturated carbocycles. The lowest BCUT2D eigenvalue weighted by Crippen LogP contribution is -2.52. The molecule has 0 unspecified atom stereocenters. The van der Waals surface area contributed by atoms with Crippen molar-refractivity contribution >= 4 is 23.4 Å². The molecule has 184 valence electrons. The minimum atomic E-state index is -0.659. The van der Waals surface area contributed by atoms with E-state index in [9.17, 15) is 9.59 Å². The maximum Gasteiger partial charge on any atom is 0.243 e. The first kappa shape index (κ1) is 26.3. The fourth-order valence-corrected chi connectivity index (χ4v) is 3.93. The van der Waals surface area contributed by atoms with E-state index in [1.807, 2.05) is 80.6 Å². The highest BCUT2D eigenvalue weighted by molar-refractivity contribution is 6.30. The van der Waals surface area contributed by atoms with Crippen molar-refractivity contribution in [1.82, 2.24) is 10.2 Å². The summed E-state index contributed by atoms with van der Waals surface area (Å²) >= 11 is 6.08. The summed E-state index contributed by atoms with van der Waals surface area (Å²) in [6, 6.07) is 24.0. The van der Waals surface area contributed by atoms with Crippen LogP contribution in [0.25, 0.3) is 0 Å². The minimum absolute atomic E-state index is 0.00912. The molecular formula is C29H33ClN2O3. The maximum atomic E-state index is 13.7. The predicted molar refractivity (Wildman–Crippen MR) is 141 cm³/mol. The summed E-state index contributed by atoms with van der Waals surface area (Å²) in [4.78, 5) is 28.9. The summed E-state index contributed by atoms with van der Waals surface area (Å²) in [7, 11) is 1.61.